The van der Waals surface area contributed by atoms with Crippen molar-refractivity contribution < 1.29 is 64.2 Å². The Balaban J connectivity index is 5.69. The van der Waals surface area contributed by atoms with E-state index in [0.29, 0.717) is 0 Å². The molecule has 0 spiro atoms. The quantitative estimate of drug-likeness (QED) is 0.406. The zero-order chi connectivity index (χ0) is 18.0. The average molecular weight is 384 g/mol. The third-order valence-corrected chi connectivity index (χ3v) is 6.17. The fourth-order valence-electron chi connectivity index (χ4n) is 0.995. The number of halogens is 6. The summed E-state index contributed by atoms with van der Waals surface area (Å²) in [5.41, 5.74) is 0. The Morgan fingerprint density at radius 3 is 1.41 bits per heavy atom. The van der Waals surface area contributed by atoms with Gasteiger partial charge in [-0.05, 0) is 0 Å². The maximum Gasteiger partial charge on any atom is 0.390 e. The van der Waals surface area contributed by atoms with Gasteiger partial charge in [-0.15, -0.1) is 0 Å². The smallest absolute Gasteiger partial charge is 0.390 e. The Bertz CT molecular complexity index is 473. The van der Waals surface area contributed by atoms with E-state index >= 15 is 0 Å². The van der Waals surface area contributed by atoms with Crippen LogP contribution in [0.3, 0.4) is 0 Å². The van der Waals surface area contributed by atoms with Crippen LogP contribution in [0.1, 0.15) is 0 Å². The monoisotopic (exact) mass is 384 g/mol. The molecule has 0 aromatic heterocycles. The highest BCUT2D eigenvalue weighted by atomic mass is 31.2. The van der Waals surface area contributed by atoms with E-state index in [9.17, 15) is 40.3 Å². The summed E-state index contributed by atoms with van der Waals surface area (Å²) in [6, 6.07) is 0. The number of carbonyl (C=O) groups is 1. The van der Waals surface area contributed by atoms with Crippen LogP contribution in [0.4, 0.5) is 26.3 Å². The molecule has 8 nitrogen and oxygen atoms in total. The molecule has 2 unspecified atom stereocenters. The van der Waals surface area contributed by atoms with Gasteiger partial charge in [-0.1, -0.05) is 0 Å². The van der Waals surface area contributed by atoms with E-state index in [1.54, 1.807) is 0 Å². The second kappa shape index (κ2) is 6.85. The van der Waals surface area contributed by atoms with Crippen molar-refractivity contribution in [3.05, 3.63) is 0 Å². The summed E-state index contributed by atoms with van der Waals surface area (Å²) in [4.78, 5) is 28.6. The van der Waals surface area contributed by atoms with Crippen molar-refractivity contribution in [3.8, 4) is 0 Å². The predicted octanol–water partition coefficient (Wildman–Crippen LogP) is 1.93. The fraction of sp³-hybridized carbons (Fsp3) is 0.833. The molecular formula is C6H8F6O8P2. The summed E-state index contributed by atoms with van der Waals surface area (Å²) in [5.74, 6) is -2.83. The standard InChI is InChI=1S/C6H8F6O8P2/c7-1-5(9,10)19-21(15,16)4(3(13)14)22(17,18)20-6(11,12)2-8/h4H,1-2H2,(H,13,14)(H,15,16)(H,17,18). The van der Waals surface area contributed by atoms with E-state index in [4.69, 9.17) is 14.9 Å². The van der Waals surface area contributed by atoms with Crippen molar-refractivity contribution in [2.24, 2.45) is 0 Å². The number of aliphatic carboxylic acids is 1. The molecule has 0 aliphatic carbocycles. The molecule has 3 N–H and O–H groups in total. The first-order chi connectivity index (χ1) is 9.60. The second-order valence-electron chi connectivity index (χ2n) is 3.56. The largest absolute Gasteiger partial charge is 0.480 e. The van der Waals surface area contributed by atoms with Gasteiger partial charge in [0.25, 0.3) is 5.40 Å². The van der Waals surface area contributed by atoms with Crippen LogP contribution < -0.4 is 0 Å². The first-order valence-electron chi connectivity index (χ1n) is 4.77. The Labute approximate surface area is 117 Å². The van der Waals surface area contributed by atoms with Gasteiger partial charge in [0.1, 0.15) is 0 Å². The minimum atomic E-state index is -6.40. The second-order valence-corrected chi connectivity index (χ2v) is 7.63. The molecule has 0 fully saturated rings. The lowest BCUT2D eigenvalue weighted by Gasteiger charge is -2.26. The Hall–Kier alpha value is -0.650. The summed E-state index contributed by atoms with van der Waals surface area (Å²) < 4.78 is 102. The Morgan fingerprint density at radius 1 is 0.955 bits per heavy atom. The Kier molecular flexibility index (Phi) is 6.65. The van der Waals surface area contributed by atoms with Crippen LogP contribution >= 0.6 is 15.2 Å². The zero-order valence-corrected chi connectivity index (χ0v) is 11.8. The third kappa shape index (κ3) is 5.86. The van der Waals surface area contributed by atoms with Gasteiger partial charge < -0.3 is 14.9 Å². The lowest BCUT2D eigenvalue weighted by Crippen LogP contribution is -2.32. The first-order valence-corrected chi connectivity index (χ1v) is 8.06. The number of hydrogen-bond acceptors (Lipinski definition) is 5. The lowest BCUT2D eigenvalue weighted by molar-refractivity contribution is -0.193. The molecule has 0 aliphatic rings. The van der Waals surface area contributed by atoms with Gasteiger partial charge in [0.2, 0.25) is 0 Å². The summed E-state index contributed by atoms with van der Waals surface area (Å²) >= 11 is 0. The average Bonchev–Trinajstić information content (AvgIpc) is 2.24. The van der Waals surface area contributed by atoms with Crippen molar-refractivity contribution >= 4 is 21.2 Å². The van der Waals surface area contributed by atoms with Crippen LogP contribution in [0.25, 0.3) is 0 Å². The van der Waals surface area contributed by atoms with Gasteiger partial charge in [0.15, 0.2) is 13.3 Å². The van der Waals surface area contributed by atoms with E-state index in [1.165, 1.54) is 0 Å². The zero-order valence-electron chi connectivity index (χ0n) is 10.0. The van der Waals surface area contributed by atoms with Crippen molar-refractivity contribution in [2.45, 2.75) is 17.6 Å². The maximum absolute atomic E-state index is 12.5. The summed E-state index contributed by atoms with van der Waals surface area (Å²) in [6.07, 6.45) is -10.1. The van der Waals surface area contributed by atoms with E-state index in [0.717, 1.165) is 0 Å². The molecular weight excluding hydrogens is 376 g/mol. The molecule has 2 atom stereocenters. The normalized spacial score (nSPS) is 20.0. The van der Waals surface area contributed by atoms with Crippen molar-refractivity contribution in [1.82, 2.24) is 0 Å². The number of rotatable bonds is 9. The number of alkyl halides is 6. The minimum Gasteiger partial charge on any atom is -0.480 e. The van der Waals surface area contributed by atoms with Crippen LogP contribution in [-0.4, -0.2) is 51.8 Å². The van der Waals surface area contributed by atoms with Crippen LogP contribution in [0.5, 0.6) is 0 Å². The van der Waals surface area contributed by atoms with E-state index in [1.807, 2.05) is 0 Å². The van der Waals surface area contributed by atoms with Gasteiger partial charge in [0.05, 0.1) is 0 Å². The minimum absolute atomic E-state index is 2.74. The number of carboxylic acid groups (broad SMARTS) is 1. The molecule has 0 saturated carbocycles. The first kappa shape index (κ1) is 21.4. The molecule has 0 radical (unpaired) electrons. The molecule has 16 heteroatoms. The molecule has 0 aromatic carbocycles. The van der Waals surface area contributed by atoms with Crippen LogP contribution in [-0.2, 0) is 23.0 Å². The lowest BCUT2D eigenvalue weighted by atomic mass is 10.7. The molecule has 0 rings (SSSR count). The van der Waals surface area contributed by atoms with Crippen LogP contribution in [0.15, 0.2) is 0 Å². The van der Waals surface area contributed by atoms with Gasteiger partial charge in [0, 0.05) is 0 Å². The fourth-order valence-corrected chi connectivity index (χ4v) is 4.37. The number of carboxylic acids is 1. The maximum atomic E-state index is 12.5. The third-order valence-electron chi connectivity index (χ3n) is 1.68. The SMILES string of the molecule is O=C(O)C(P(=O)(O)OC(F)(F)CF)P(=O)(O)OC(F)(F)CF. The van der Waals surface area contributed by atoms with Crippen molar-refractivity contribution in [3.63, 3.8) is 0 Å². The van der Waals surface area contributed by atoms with Gasteiger partial charge >= 0.3 is 33.4 Å². The molecule has 0 bridgehead atoms. The Morgan fingerprint density at radius 2 is 1.23 bits per heavy atom. The van der Waals surface area contributed by atoms with Crippen molar-refractivity contribution in [2.75, 3.05) is 13.3 Å². The van der Waals surface area contributed by atoms with Crippen molar-refractivity contribution in [1.29, 1.82) is 0 Å². The van der Waals surface area contributed by atoms with Crippen LogP contribution in [0, 0.1) is 0 Å². The topological polar surface area (TPSA) is 130 Å². The molecule has 0 saturated heterocycles. The van der Waals surface area contributed by atoms with Gasteiger partial charge in [-0.25, -0.2) is 17.8 Å². The van der Waals surface area contributed by atoms with Gasteiger partial charge in [-0.3, -0.25) is 13.9 Å². The summed E-state index contributed by atoms with van der Waals surface area (Å²) in [7, 11) is -12.8. The molecule has 132 valence electrons. The summed E-state index contributed by atoms with van der Waals surface area (Å²) in [6.45, 7) is -5.47. The number of hydrogen-bond donors (Lipinski definition) is 3. The highest BCUT2D eigenvalue weighted by Gasteiger charge is 2.59. The molecule has 0 amide bonds. The summed E-state index contributed by atoms with van der Waals surface area (Å²) in [5, 5.41) is 4.63. The van der Waals surface area contributed by atoms with Gasteiger partial charge in [-0.2, -0.15) is 17.6 Å². The van der Waals surface area contributed by atoms with E-state index in [2.05, 4.69) is 9.05 Å². The molecule has 0 aromatic rings. The highest BCUT2D eigenvalue weighted by molar-refractivity contribution is 7.73. The highest BCUT2D eigenvalue weighted by Crippen LogP contribution is 2.68. The van der Waals surface area contributed by atoms with E-state index in [-0.39, 0.29) is 0 Å². The predicted molar refractivity (Wildman–Crippen MR) is 55.1 cm³/mol. The molecule has 0 aliphatic heterocycles. The molecule has 22 heavy (non-hydrogen) atoms. The molecule has 0 heterocycles. The van der Waals surface area contributed by atoms with Crippen LogP contribution in [0.2, 0.25) is 0 Å². The van der Waals surface area contributed by atoms with E-state index < -0.39 is 52.1 Å².